The minimum Gasteiger partial charge on any atom is -0.481 e. The molecule has 86 valence electrons. The van der Waals surface area contributed by atoms with Crippen molar-refractivity contribution in [3.63, 3.8) is 0 Å². The largest absolute Gasteiger partial charge is 0.481 e. The molecule has 2 saturated heterocycles. The molecule has 2 fully saturated rings. The Balaban J connectivity index is 2.11. The quantitative estimate of drug-likeness (QED) is 0.763. The minimum absolute atomic E-state index is 0.143. The molecular formula is C11H18FNO2. The minimum atomic E-state index is -1.48. The Labute approximate surface area is 89.3 Å². The van der Waals surface area contributed by atoms with E-state index in [9.17, 15) is 9.18 Å². The number of carboxylic acid groups (broad SMARTS) is 1. The molecule has 0 radical (unpaired) electrons. The fourth-order valence-electron chi connectivity index (χ4n) is 3.04. The molecule has 1 N–H and O–H groups in total. The Morgan fingerprint density at radius 2 is 2.13 bits per heavy atom. The molecule has 2 heterocycles. The summed E-state index contributed by atoms with van der Waals surface area (Å²) in [5.74, 6) is -1.01. The standard InChI is InChI=1S/C11H18FNO2/c12-11(8-10(14)15)5-3-7-13-6-2-1-4-9(11)13/h9H,1-8H2,(H,14,15). The molecule has 15 heavy (non-hydrogen) atoms. The first-order valence-electron chi connectivity index (χ1n) is 5.76. The molecule has 0 aliphatic carbocycles. The summed E-state index contributed by atoms with van der Waals surface area (Å²) in [6.45, 7) is 1.88. The number of halogens is 1. The molecule has 2 unspecified atom stereocenters. The number of rotatable bonds is 2. The van der Waals surface area contributed by atoms with Crippen molar-refractivity contribution in [2.24, 2.45) is 0 Å². The second-order valence-electron chi connectivity index (χ2n) is 4.76. The van der Waals surface area contributed by atoms with Crippen molar-refractivity contribution in [3.05, 3.63) is 0 Å². The van der Waals surface area contributed by atoms with Gasteiger partial charge in [0.05, 0.1) is 6.42 Å². The molecule has 0 saturated carbocycles. The van der Waals surface area contributed by atoms with Crippen molar-refractivity contribution in [2.45, 2.75) is 50.2 Å². The molecule has 2 aliphatic heterocycles. The van der Waals surface area contributed by atoms with Gasteiger partial charge in [0.2, 0.25) is 0 Å². The lowest BCUT2D eigenvalue weighted by Crippen LogP contribution is -2.56. The normalized spacial score (nSPS) is 37.3. The van der Waals surface area contributed by atoms with Crippen molar-refractivity contribution >= 4 is 5.97 Å². The summed E-state index contributed by atoms with van der Waals surface area (Å²) >= 11 is 0. The van der Waals surface area contributed by atoms with Crippen molar-refractivity contribution in [1.82, 2.24) is 4.90 Å². The van der Waals surface area contributed by atoms with E-state index in [1.807, 2.05) is 0 Å². The van der Waals surface area contributed by atoms with Crippen LogP contribution in [-0.2, 0) is 4.79 Å². The van der Waals surface area contributed by atoms with Crippen LogP contribution in [0.25, 0.3) is 0 Å². The summed E-state index contributed by atoms with van der Waals surface area (Å²) in [4.78, 5) is 12.8. The van der Waals surface area contributed by atoms with Crippen LogP contribution >= 0.6 is 0 Å². The number of hydrogen-bond acceptors (Lipinski definition) is 2. The zero-order valence-electron chi connectivity index (χ0n) is 8.91. The van der Waals surface area contributed by atoms with Crippen LogP contribution in [-0.4, -0.2) is 40.8 Å². The monoisotopic (exact) mass is 215 g/mol. The van der Waals surface area contributed by atoms with E-state index in [-0.39, 0.29) is 12.5 Å². The average Bonchev–Trinajstić information content (AvgIpc) is 2.17. The second-order valence-corrected chi connectivity index (χ2v) is 4.76. The summed E-state index contributed by atoms with van der Waals surface area (Å²) in [6.07, 6.45) is 3.87. The van der Waals surface area contributed by atoms with Crippen LogP contribution in [0.2, 0.25) is 0 Å². The third-order valence-corrected chi connectivity index (χ3v) is 3.69. The van der Waals surface area contributed by atoms with Gasteiger partial charge in [-0.05, 0) is 38.8 Å². The lowest BCUT2D eigenvalue weighted by molar-refractivity contribution is -0.144. The Morgan fingerprint density at radius 1 is 1.40 bits per heavy atom. The van der Waals surface area contributed by atoms with Gasteiger partial charge in [-0.2, -0.15) is 0 Å². The highest BCUT2D eigenvalue weighted by molar-refractivity contribution is 5.68. The van der Waals surface area contributed by atoms with E-state index in [2.05, 4.69) is 4.90 Å². The molecule has 0 bridgehead atoms. The molecule has 3 nitrogen and oxygen atoms in total. The first-order chi connectivity index (χ1) is 7.12. The maximum atomic E-state index is 14.5. The fraction of sp³-hybridized carbons (Fsp3) is 0.909. The Morgan fingerprint density at radius 3 is 2.87 bits per heavy atom. The number of fused-ring (bicyclic) bond motifs is 1. The Hall–Kier alpha value is -0.640. The van der Waals surface area contributed by atoms with E-state index in [0.717, 1.165) is 38.8 Å². The number of piperidine rings is 2. The Bertz CT molecular complexity index is 257. The van der Waals surface area contributed by atoms with E-state index in [1.165, 1.54) is 0 Å². The zero-order valence-corrected chi connectivity index (χ0v) is 8.91. The number of alkyl halides is 1. The van der Waals surface area contributed by atoms with Gasteiger partial charge < -0.3 is 5.11 Å². The highest BCUT2D eigenvalue weighted by Crippen LogP contribution is 2.39. The summed E-state index contributed by atoms with van der Waals surface area (Å²) in [5, 5.41) is 8.76. The van der Waals surface area contributed by atoms with Crippen LogP contribution in [0.15, 0.2) is 0 Å². The topological polar surface area (TPSA) is 40.5 Å². The maximum Gasteiger partial charge on any atom is 0.306 e. The smallest absolute Gasteiger partial charge is 0.306 e. The molecule has 0 spiro atoms. The van der Waals surface area contributed by atoms with Gasteiger partial charge >= 0.3 is 5.97 Å². The molecule has 2 aliphatic rings. The highest BCUT2D eigenvalue weighted by Gasteiger charge is 2.47. The van der Waals surface area contributed by atoms with Gasteiger partial charge in [-0.15, -0.1) is 0 Å². The maximum absolute atomic E-state index is 14.5. The summed E-state index contributed by atoms with van der Waals surface area (Å²) in [6, 6.07) is -0.143. The summed E-state index contributed by atoms with van der Waals surface area (Å²) in [5.41, 5.74) is -1.48. The molecule has 2 rings (SSSR count). The van der Waals surface area contributed by atoms with Gasteiger partial charge in [0, 0.05) is 6.04 Å². The SMILES string of the molecule is O=C(O)CC1(F)CCCN2CCCCC21. The van der Waals surface area contributed by atoms with Gasteiger partial charge in [-0.1, -0.05) is 6.42 Å². The van der Waals surface area contributed by atoms with E-state index in [1.54, 1.807) is 0 Å². The van der Waals surface area contributed by atoms with Crippen molar-refractivity contribution in [2.75, 3.05) is 13.1 Å². The van der Waals surface area contributed by atoms with E-state index in [0.29, 0.717) is 6.42 Å². The fourth-order valence-corrected chi connectivity index (χ4v) is 3.04. The predicted molar refractivity (Wildman–Crippen MR) is 54.5 cm³/mol. The van der Waals surface area contributed by atoms with Crippen LogP contribution in [0.1, 0.15) is 38.5 Å². The van der Waals surface area contributed by atoms with Gasteiger partial charge in [0.25, 0.3) is 0 Å². The number of carbonyl (C=O) groups is 1. The van der Waals surface area contributed by atoms with Crippen LogP contribution in [0.5, 0.6) is 0 Å². The van der Waals surface area contributed by atoms with Crippen LogP contribution in [0, 0.1) is 0 Å². The molecule has 0 aromatic rings. The van der Waals surface area contributed by atoms with Gasteiger partial charge in [-0.3, -0.25) is 9.69 Å². The lowest BCUT2D eigenvalue weighted by atomic mass is 9.79. The molecule has 0 amide bonds. The summed E-state index contributed by atoms with van der Waals surface area (Å²) < 4.78 is 14.5. The number of carboxylic acids is 1. The zero-order chi connectivity index (χ0) is 10.9. The molecule has 4 heteroatoms. The van der Waals surface area contributed by atoms with Gasteiger partial charge in [0.15, 0.2) is 0 Å². The third-order valence-electron chi connectivity index (χ3n) is 3.69. The van der Waals surface area contributed by atoms with E-state index >= 15 is 0 Å². The van der Waals surface area contributed by atoms with Crippen LogP contribution < -0.4 is 0 Å². The average molecular weight is 215 g/mol. The first-order valence-corrected chi connectivity index (χ1v) is 5.76. The van der Waals surface area contributed by atoms with E-state index in [4.69, 9.17) is 5.11 Å². The molecule has 2 atom stereocenters. The summed E-state index contributed by atoms with van der Waals surface area (Å²) in [7, 11) is 0. The first kappa shape index (κ1) is 10.9. The lowest BCUT2D eigenvalue weighted by Gasteiger charge is -2.47. The molecule has 0 aromatic heterocycles. The van der Waals surface area contributed by atoms with Crippen LogP contribution in [0.4, 0.5) is 4.39 Å². The van der Waals surface area contributed by atoms with E-state index < -0.39 is 11.6 Å². The van der Waals surface area contributed by atoms with Crippen molar-refractivity contribution in [1.29, 1.82) is 0 Å². The highest BCUT2D eigenvalue weighted by atomic mass is 19.1. The third kappa shape index (κ3) is 2.14. The number of hydrogen-bond donors (Lipinski definition) is 1. The van der Waals surface area contributed by atoms with Crippen molar-refractivity contribution in [3.8, 4) is 0 Å². The second kappa shape index (κ2) is 4.08. The van der Waals surface area contributed by atoms with Gasteiger partial charge in [0.1, 0.15) is 5.67 Å². The number of aliphatic carboxylic acids is 1. The van der Waals surface area contributed by atoms with Gasteiger partial charge in [-0.25, -0.2) is 4.39 Å². The number of nitrogens with zero attached hydrogens (tertiary/aromatic N) is 1. The molecule has 0 aromatic carbocycles. The van der Waals surface area contributed by atoms with Crippen LogP contribution in [0.3, 0.4) is 0 Å². The Kier molecular flexibility index (Phi) is 2.96. The molecular weight excluding hydrogens is 197 g/mol. The predicted octanol–water partition coefficient (Wildman–Crippen LogP) is 1.82. The van der Waals surface area contributed by atoms with Crippen molar-refractivity contribution < 1.29 is 14.3 Å².